The van der Waals surface area contributed by atoms with E-state index in [1.165, 1.54) is 12.5 Å². The lowest BCUT2D eigenvalue weighted by molar-refractivity contribution is 0.554. The lowest BCUT2D eigenvalue weighted by Crippen LogP contribution is -2.32. The van der Waals surface area contributed by atoms with E-state index in [1.54, 1.807) is 4.57 Å². The maximum absolute atomic E-state index is 11.8. The van der Waals surface area contributed by atoms with Crippen molar-refractivity contribution in [1.29, 1.82) is 0 Å². The molecule has 0 saturated heterocycles. The number of nitrogens with zero attached hydrogens (tertiary/aromatic N) is 2. The first-order chi connectivity index (χ1) is 7.86. The van der Waals surface area contributed by atoms with E-state index in [1.807, 2.05) is 20.8 Å². The van der Waals surface area contributed by atoms with Gasteiger partial charge in [0.1, 0.15) is 0 Å². The quantitative estimate of drug-likeness (QED) is 0.802. The molecule has 0 bridgehead atoms. The molecular weight excluding hydrogens is 262 g/mol. The Balaban J connectivity index is 2.69. The van der Waals surface area contributed by atoms with Crippen molar-refractivity contribution in [2.24, 2.45) is 5.92 Å². The number of aryl methyl sites for hydroxylation is 1. The third-order valence-electron chi connectivity index (χ3n) is 2.44. The average molecular weight is 280 g/mol. The molecule has 1 heterocycles. The third-order valence-corrected chi connectivity index (χ3v) is 4.41. The van der Waals surface area contributed by atoms with Crippen LogP contribution >= 0.6 is 11.6 Å². The molecule has 1 aromatic heterocycles. The van der Waals surface area contributed by atoms with Crippen molar-refractivity contribution in [2.75, 3.05) is 6.54 Å². The Morgan fingerprint density at radius 1 is 1.53 bits per heavy atom. The van der Waals surface area contributed by atoms with Gasteiger partial charge in [-0.3, -0.25) is 0 Å². The second kappa shape index (κ2) is 5.84. The van der Waals surface area contributed by atoms with E-state index in [0.717, 1.165) is 0 Å². The van der Waals surface area contributed by atoms with Crippen LogP contribution in [-0.2, 0) is 16.6 Å². The predicted octanol–water partition coefficient (Wildman–Crippen LogP) is 1.44. The number of aromatic nitrogens is 2. The molecule has 0 amide bonds. The van der Waals surface area contributed by atoms with Crippen molar-refractivity contribution < 1.29 is 8.42 Å². The number of alkyl halides is 1. The van der Waals surface area contributed by atoms with Gasteiger partial charge in [-0.25, -0.2) is 18.1 Å². The molecule has 5 nitrogen and oxygen atoms in total. The number of sulfonamides is 1. The highest BCUT2D eigenvalue weighted by Gasteiger charge is 2.19. The van der Waals surface area contributed by atoms with Crippen molar-refractivity contribution in [2.45, 2.75) is 37.7 Å². The Hall–Kier alpha value is -0.590. The Morgan fingerprint density at radius 2 is 2.18 bits per heavy atom. The normalized spacial score (nSPS) is 14.2. The number of hydrogen-bond donors (Lipinski definition) is 1. The van der Waals surface area contributed by atoms with Crippen molar-refractivity contribution in [3.63, 3.8) is 0 Å². The van der Waals surface area contributed by atoms with Gasteiger partial charge in [0.05, 0.1) is 6.33 Å². The van der Waals surface area contributed by atoms with Gasteiger partial charge in [0.15, 0.2) is 5.03 Å². The molecule has 1 N–H and O–H groups in total. The summed E-state index contributed by atoms with van der Waals surface area (Å²) in [6.07, 6.45) is 3.00. The Labute approximate surface area is 107 Å². The van der Waals surface area contributed by atoms with Crippen LogP contribution in [0.1, 0.15) is 20.8 Å². The van der Waals surface area contributed by atoms with Crippen LogP contribution in [0.2, 0.25) is 0 Å². The van der Waals surface area contributed by atoms with Crippen LogP contribution in [0.4, 0.5) is 0 Å². The van der Waals surface area contributed by atoms with Crippen LogP contribution in [0.5, 0.6) is 0 Å². The number of rotatable bonds is 6. The first-order valence-electron chi connectivity index (χ1n) is 5.52. The lowest BCUT2D eigenvalue weighted by atomic mass is 10.1. The molecule has 1 atom stereocenters. The standard InChI is InChI=1S/C10H18ClN3O2S/c1-4-14-6-10(12-7-14)17(15,16)13-5-9(11)8(2)3/h6-9,13H,4-5H2,1-3H3. The summed E-state index contributed by atoms with van der Waals surface area (Å²) in [6, 6.07) is 0. The predicted molar refractivity (Wildman–Crippen MR) is 67.6 cm³/mol. The van der Waals surface area contributed by atoms with Gasteiger partial charge in [-0.05, 0) is 12.8 Å². The Bertz CT molecular complexity index is 456. The van der Waals surface area contributed by atoms with Crippen LogP contribution in [0.25, 0.3) is 0 Å². The van der Waals surface area contributed by atoms with E-state index in [-0.39, 0.29) is 22.9 Å². The van der Waals surface area contributed by atoms with E-state index in [0.29, 0.717) is 6.54 Å². The molecule has 98 valence electrons. The molecule has 1 unspecified atom stereocenters. The number of halogens is 1. The molecule has 17 heavy (non-hydrogen) atoms. The van der Waals surface area contributed by atoms with E-state index in [9.17, 15) is 8.42 Å². The smallest absolute Gasteiger partial charge is 0.259 e. The van der Waals surface area contributed by atoms with E-state index < -0.39 is 10.0 Å². The fourth-order valence-corrected chi connectivity index (χ4v) is 2.33. The maximum Gasteiger partial charge on any atom is 0.259 e. The largest absolute Gasteiger partial charge is 0.336 e. The molecule has 0 aliphatic carbocycles. The molecule has 0 aliphatic heterocycles. The fraction of sp³-hybridized carbons (Fsp3) is 0.700. The van der Waals surface area contributed by atoms with Crippen LogP contribution < -0.4 is 4.72 Å². The van der Waals surface area contributed by atoms with Gasteiger partial charge in [-0.2, -0.15) is 0 Å². The Morgan fingerprint density at radius 3 is 2.65 bits per heavy atom. The molecule has 1 aromatic rings. The highest BCUT2D eigenvalue weighted by Crippen LogP contribution is 2.10. The van der Waals surface area contributed by atoms with Gasteiger partial charge in [-0.1, -0.05) is 13.8 Å². The van der Waals surface area contributed by atoms with E-state index in [4.69, 9.17) is 11.6 Å². The van der Waals surface area contributed by atoms with Gasteiger partial charge >= 0.3 is 0 Å². The summed E-state index contributed by atoms with van der Waals surface area (Å²) in [5.74, 6) is 0.215. The monoisotopic (exact) mass is 279 g/mol. The average Bonchev–Trinajstić information content (AvgIpc) is 2.75. The zero-order chi connectivity index (χ0) is 13.1. The number of imidazole rings is 1. The van der Waals surface area contributed by atoms with Crippen LogP contribution in [-0.4, -0.2) is 29.9 Å². The maximum atomic E-state index is 11.8. The SMILES string of the molecule is CCn1cnc(S(=O)(=O)NCC(Cl)C(C)C)c1. The first kappa shape index (κ1) is 14.5. The van der Waals surface area contributed by atoms with Crippen LogP contribution in [0.15, 0.2) is 17.6 Å². The van der Waals surface area contributed by atoms with Gasteiger partial charge in [0, 0.05) is 24.7 Å². The molecule has 7 heteroatoms. The minimum atomic E-state index is -3.54. The van der Waals surface area contributed by atoms with Crippen LogP contribution in [0.3, 0.4) is 0 Å². The zero-order valence-corrected chi connectivity index (χ0v) is 11.8. The van der Waals surface area contributed by atoms with Crippen molar-refractivity contribution in [3.05, 3.63) is 12.5 Å². The molecule has 0 aromatic carbocycles. The summed E-state index contributed by atoms with van der Waals surface area (Å²) in [5.41, 5.74) is 0. The summed E-state index contributed by atoms with van der Waals surface area (Å²) in [6.45, 7) is 6.70. The molecule has 0 aliphatic rings. The number of hydrogen-bond acceptors (Lipinski definition) is 3. The van der Waals surface area contributed by atoms with E-state index in [2.05, 4.69) is 9.71 Å². The summed E-state index contributed by atoms with van der Waals surface area (Å²) in [7, 11) is -3.54. The second-order valence-corrected chi connectivity index (χ2v) is 6.43. The number of nitrogens with one attached hydrogen (secondary N) is 1. The van der Waals surface area contributed by atoms with Crippen molar-refractivity contribution in [3.8, 4) is 0 Å². The summed E-state index contributed by atoms with van der Waals surface area (Å²) >= 11 is 5.99. The lowest BCUT2D eigenvalue weighted by Gasteiger charge is -2.13. The van der Waals surface area contributed by atoms with Gasteiger partial charge in [0.25, 0.3) is 10.0 Å². The minimum absolute atomic E-state index is 0.0342. The summed E-state index contributed by atoms with van der Waals surface area (Å²) < 4.78 is 27.8. The highest BCUT2D eigenvalue weighted by atomic mass is 35.5. The summed E-state index contributed by atoms with van der Waals surface area (Å²) in [5, 5.41) is -0.190. The van der Waals surface area contributed by atoms with E-state index >= 15 is 0 Å². The highest BCUT2D eigenvalue weighted by molar-refractivity contribution is 7.89. The molecule has 0 spiro atoms. The molecular formula is C10H18ClN3O2S. The van der Waals surface area contributed by atoms with Crippen LogP contribution in [0, 0.1) is 5.92 Å². The molecule has 1 rings (SSSR count). The Kier molecular flexibility index (Phi) is 4.97. The first-order valence-corrected chi connectivity index (χ1v) is 7.44. The zero-order valence-electron chi connectivity index (χ0n) is 10.2. The van der Waals surface area contributed by atoms with Gasteiger partial charge in [-0.15, -0.1) is 11.6 Å². The van der Waals surface area contributed by atoms with Crippen molar-refractivity contribution >= 4 is 21.6 Å². The minimum Gasteiger partial charge on any atom is -0.336 e. The second-order valence-electron chi connectivity index (χ2n) is 4.15. The molecule has 0 fully saturated rings. The molecule has 0 radical (unpaired) electrons. The summed E-state index contributed by atoms with van der Waals surface area (Å²) in [4.78, 5) is 3.85. The van der Waals surface area contributed by atoms with Gasteiger partial charge in [0.2, 0.25) is 0 Å². The van der Waals surface area contributed by atoms with Gasteiger partial charge < -0.3 is 4.57 Å². The fourth-order valence-electron chi connectivity index (χ4n) is 1.15. The van der Waals surface area contributed by atoms with Crippen molar-refractivity contribution in [1.82, 2.24) is 14.3 Å². The topological polar surface area (TPSA) is 64.0 Å². The third kappa shape index (κ3) is 3.97. The molecule has 0 saturated carbocycles.